The molecule has 79 heavy (non-hydrogen) atoms. The van der Waals surface area contributed by atoms with E-state index < -0.39 is 124 Å². The second-order valence-corrected chi connectivity index (χ2v) is 22.2. The highest BCUT2D eigenvalue weighted by Gasteiger charge is 2.53. The van der Waals surface area contributed by atoms with E-state index >= 15 is 0 Å². The fraction of sp³-hybridized carbons (Fsp3) is 0.883. The van der Waals surface area contributed by atoms with E-state index in [-0.39, 0.29) is 18.9 Å². The van der Waals surface area contributed by atoms with Gasteiger partial charge in [0.2, 0.25) is 5.91 Å². The maximum Gasteiger partial charge on any atom is 0.220 e. The fourth-order valence-electron chi connectivity index (χ4n) is 10.3. The van der Waals surface area contributed by atoms with Crippen LogP contribution in [0, 0.1) is 0 Å². The van der Waals surface area contributed by atoms with Gasteiger partial charge in [0.1, 0.15) is 73.2 Å². The van der Waals surface area contributed by atoms with Gasteiger partial charge in [0, 0.05) is 6.42 Å². The Balaban J connectivity index is 1.36. The van der Waals surface area contributed by atoms with Crippen LogP contribution in [0.3, 0.4) is 0 Å². The van der Waals surface area contributed by atoms with E-state index in [9.17, 15) is 61.0 Å². The Bertz CT molecular complexity index is 1590. The SMILES string of the molecule is CCCCCCCCCCCCCCCCCCCCCC/C=C/CC/C=C/CC/C=C/C(O)C(COC1OC(CO)C(OC2OC(CO)C(OC3OC(CO)C(O)C(O)C3O)C(O)C2O)C(O)C1O)NC(=O)CCCCCC. The number of aliphatic hydroxyl groups excluding tert-OH is 11. The number of nitrogens with one attached hydrogen (secondary N) is 1. The van der Waals surface area contributed by atoms with Gasteiger partial charge in [-0.15, -0.1) is 0 Å². The highest BCUT2D eigenvalue weighted by atomic mass is 16.8. The Morgan fingerprint density at radius 1 is 0.443 bits per heavy atom. The van der Waals surface area contributed by atoms with Gasteiger partial charge in [0.25, 0.3) is 0 Å². The highest BCUT2D eigenvalue weighted by molar-refractivity contribution is 5.76. The van der Waals surface area contributed by atoms with Gasteiger partial charge in [-0.1, -0.05) is 192 Å². The molecule has 3 aliphatic heterocycles. The summed E-state index contributed by atoms with van der Waals surface area (Å²) in [7, 11) is 0. The quantitative estimate of drug-likeness (QED) is 0.0257. The predicted octanol–water partition coefficient (Wildman–Crippen LogP) is 5.71. The second-order valence-electron chi connectivity index (χ2n) is 22.2. The molecule has 19 nitrogen and oxygen atoms in total. The Hall–Kier alpha value is -1.99. The molecule has 0 saturated carbocycles. The normalized spacial score (nSPS) is 30.5. The molecule has 462 valence electrons. The number of hydrogen-bond donors (Lipinski definition) is 12. The third kappa shape index (κ3) is 27.5. The summed E-state index contributed by atoms with van der Waals surface area (Å²) in [5.74, 6) is -0.308. The average molecular weight is 1130 g/mol. The molecule has 12 N–H and O–H groups in total. The van der Waals surface area contributed by atoms with Gasteiger partial charge in [-0.25, -0.2) is 0 Å². The summed E-state index contributed by atoms with van der Waals surface area (Å²) in [6, 6.07) is -0.990. The number of carbonyl (C=O) groups is 1. The van der Waals surface area contributed by atoms with Crippen molar-refractivity contribution in [3.8, 4) is 0 Å². The molecule has 0 aromatic carbocycles. The molecule has 3 heterocycles. The molecule has 0 aromatic rings. The monoisotopic (exact) mass is 1130 g/mol. The van der Waals surface area contributed by atoms with Gasteiger partial charge in [-0.2, -0.15) is 0 Å². The molecule has 0 bridgehead atoms. The molecule has 0 aromatic heterocycles. The number of hydrogen-bond acceptors (Lipinski definition) is 18. The molecule has 0 aliphatic carbocycles. The Morgan fingerprint density at radius 3 is 1.27 bits per heavy atom. The first kappa shape index (κ1) is 71.3. The Kier molecular flexibility index (Phi) is 39.4. The molecule has 0 spiro atoms. The molecule has 0 radical (unpaired) electrons. The minimum atomic E-state index is -1.98. The lowest BCUT2D eigenvalue weighted by Gasteiger charge is -2.48. The molecule has 3 fully saturated rings. The van der Waals surface area contributed by atoms with E-state index in [1.807, 2.05) is 6.08 Å². The summed E-state index contributed by atoms with van der Waals surface area (Å²) in [6.07, 6.45) is 21.2. The fourth-order valence-corrected chi connectivity index (χ4v) is 10.3. The summed E-state index contributed by atoms with van der Waals surface area (Å²) in [6.45, 7) is 1.54. The van der Waals surface area contributed by atoms with E-state index in [1.54, 1.807) is 6.08 Å². The maximum atomic E-state index is 13.0. The maximum absolute atomic E-state index is 13.0. The number of rotatable bonds is 45. The van der Waals surface area contributed by atoms with Gasteiger partial charge in [0.15, 0.2) is 18.9 Å². The lowest BCUT2D eigenvalue weighted by Crippen LogP contribution is -2.66. The van der Waals surface area contributed by atoms with E-state index in [2.05, 4.69) is 43.5 Å². The van der Waals surface area contributed by atoms with Crippen molar-refractivity contribution in [1.82, 2.24) is 5.32 Å². The van der Waals surface area contributed by atoms with Gasteiger partial charge < -0.3 is 89.9 Å². The van der Waals surface area contributed by atoms with Gasteiger partial charge in [-0.05, 0) is 44.9 Å². The third-order valence-electron chi connectivity index (χ3n) is 15.4. The zero-order valence-corrected chi connectivity index (χ0v) is 48.1. The van der Waals surface area contributed by atoms with E-state index in [0.717, 1.165) is 44.9 Å². The van der Waals surface area contributed by atoms with Gasteiger partial charge >= 0.3 is 0 Å². The van der Waals surface area contributed by atoms with Crippen LogP contribution in [0.15, 0.2) is 36.5 Å². The third-order valence-corrected chi connectivity index (χ3v) is 15.4. The number of carbonyl (C=O) groups excluding carboxylic acids is 1. The smallest absolute Gasteiger partial charge is 0.220 e. The van der Waals surface area contributed by atoms with Crippen LogP contribution in [0.4, 0.5) is 0 Å². The van der Waals surface area contributed by atoms with Crippen molar-refractivity contribution in [3.63, 3.8) is 0 Å². The summed E-state index contributed by atoms with van der Waals surface area (Å²) >= 11 is 0. The Labute approximate surface area is 472 Å². The van der Waals surface area contributed by atoms with Crippen molar-refractivity contribution in [1.29, 1.82) is 0 Å². The van der Waals surface area contributed by atoms with Gasteiger partial charge in [-0.3, -0.25) is 4.79 Å². The van der Waals surface area contributed by atoms with Crippen LogP contribution in [0.2, 0.25) is 0 Å². The van der Waals surface area contributed by atoms with E-state index in [1.165, 1.54) is 128 Å². The average Bonchev–Trinajstić information content (AvgIpc) is 3.46. The van der Waals surface area contributed by atoms with Crippen molar-refractivity contribution in [2.75, 3.05) is 26.4 Å². The molecular weight excluding hydrogens is 1020 g/mol. The minimum absolute atomic E-state index is 0.223. The van der Waals surface area contributed by atoms with Crippen LogP contribution in [-0.2, 0) is 33.2 Å². The number of aliphatic hydroxyl groups is 11. The number of allylic oxidation sites excluding steroid dienone is 5. The van der Waals surface area contributed by atoms with Crippen LogP contribution < -0.4 is 5.32 Å². The van der Waals surface area contributed by atoms with Gasteiger partial charge in [0.05, 0.1) is 38.6 Å². The lowest BCUT2D eigenvalue weighted by molar-refractivity contribution is -0.379. The number of ether oxygens (including phenoxy) is 6. The molecule has 19 heteroatoms. The highest BCUT2D eigenvalue weighted by Crippen LogP contribution is 2.33. The molecule has 17 atom stereocenters. The number of unbranched alkanes of at least 4 members (excludes halogenated alkanes) is 25. The van der Waals surface area contributed by atoms with E-state index in [4.69, 9.17) is 28.4 Å². The largest absolute Gasteiger partial charge is 0.394 e. The summed E-state index contributed by atoms with van der Waals surface area (Å²) in [5, 5.41) is 119. The minimum Gasteiger partial charge on any atom is -0.394 e. The summed E-state index contributed by atoms with van der Waals surface area (Å²) in [5.41, 5.74) is 0. The molecular formula is C60H109NO18. The van der Waals surface area contributed by atoms with Crippen molar-refractivity contribution in [2.45, 2.75) is 311 Å². The predicted molar refractivity (Wildman–Crippen MR) is 300 cm³/mol. The molecule has 17 unspecified atom stereocenters. The van der Waals surface area contributed by atoms with Crippen LogP contribution in [0.1, 0.15) is 206 Å². The second kappa shape index (κ2) is 43.6. The van der Waals surface area contributed by atoms with E-state index in [0.29, 0.717) is 12.8 Å². The van der Waals surface area contributed by atoms with Crippen LogP contribution in [0.25, 0.3) is 0 Å². The topological polar surface area (TPSA) is 307 Å². The zero-order valence-electron chi connectivity index (χ0n) is 48.1. The zero-order chi connectivity index (χ0) is 57.6. The molecule has 3 saturated heterocycles. The first-order chi connectivity index (χ1) is 38.3. The van der Waals surface area contributed by atoms with Crippen molar-refractivity contribution < 1.29 is 89.4 Å². The van der Waals surface area contributed by atoms with Crippen LogP contribution >= 0.6 is 0 Å². The van der Waals surface area contributed by atoms with Crippen molar-refractivity contribution in [3.05, 3.63) is 36.5 Å². The van der Waals surface area contributed by atoms with Crippen LogP contribution in [-0.4, -0.2) is 193 Å². The standard InChI is InChI=1S/C60H109NO18/c1-3-5-7-9-10-11-12-13-14-15-16-17-18-19-20-21-22-23-24-25-26-27-28-29-30-31-32-33-34-35-37-44(65)43(61-48(66)38-36-8-6-4-2)42-74-58-54(72)51(69)56(46(40-63)76-58)79-60-55(73)52(70)57(47(41-64)77-60)78-59-53(71)50(68)49(67)45(39-62)75-59/h27-28,31-32,35,37,43-47,49-60,62-65,67-73H,3-26,29-30,33-34,36,38-42H2,1-2H3,(H,61,66)/b28-27+,32-31+,37-35+. The lowest BCUT2D eigenvalue weighted by atomic mass is 9.96. The molecule has 3 rings (SSSR count). The van der Waals surface area contributed by atoms with Crippen LogP contribution in [0.5, 0.6) is 0 Å². The molecule has 1 amide bonds. The van der Waals surface area contributed by atoms with Crippen molar-refractivity contribution in [2.24, 2.45) is 0 Å². The number of amides is 1. The summed E-state index contributed by atoms with van der Waals surface area (Å²) in [4.78, 5) is 13.0. The summed E-state index contributed by atoms with van der Waals surface area (Å²) < 4.78 is 34.0. The van der Waals surface area contributed by atoms with Crippen molar-refractivity contribution >= 4 is 5.91 Å². The first-order valence-electron chi connectivity index (χ1n) is 30.7. The first-order valence-corrected chi connectivity index (χ1v) is 30.7. The molecule has 3 aliphatic rings. The Morgan fingerprint density at radius 2 is 0.810 bits per heavy atom.